The van der Waals surface area contributed by atoms with Crippen LogP contribution in [0.3, 0.4) is 0 Å². The van der Waals surface area contributed by atoms with Crippen LogP contribution in [0.15, 0.2) is 30.9 Å². The highest BCUT2D eigenvalue weighted by Crippen LogP contribution is 2.34. The van der Waals surface area contributed by atoms with Gasteiger partial charge < -0.3 is 10.2 Å². The first-order valence-electron chi connectivity index (χ1n) is 9.46. The van der Waals surface area contributed by atoms with E-state index in [1.54, 1.807) is 18.7 Å². The Hall–Kier alpha value is -2.50. The zero-order valence-corrected chi connectivity index (χ0v) is 15.2. The zero-order valence-electron chi connectivity index (χ0n) is 15.2. The monoisotopic (exact) mass is 351 g/mol. The molecule has 2 aromatic heterocycles. The number of anilines is 1. The van der Waals surface area contributed by atoms with Crippen LogP contribution in [0.2, 0.25) is 0 Å². The molecule has 0 saturated heterocycles. The molecule has 1 N–H and O–H groups in total. The van der Waals surface area contributed by atoms with Crippen molar-refractivity contribution in [1.82, 2.24) is 19.9 Å². The molecule has 6 heteroatoms. The average Bonchev–Trinajstić information content (AvgIpc) is 3.49. The van der Waals surface area contributed by atoms with E-state index in [-0.39, 0.29) is 5.91 Å². The van der Waals surface area contributed by atoms with Crippen molar-refractivity contribution in [3.8, 4) is 0 Å². The highest BCUT2D eigenvalue weighted by atomic mass is 16.2. The molecule has 1 saturated carbocycles. The van der Waals surface area contributed by atoms with Crippen molar-refractivity contribution in [3.63, 3.8) is 0 Å². The summed E-state index contributed by atoms with van der Waals surface area (Å²) >= 11 is 0. The molecular weight excluding hydrogens is 326 g/mol. The van der Waals surface area contributed by atoms with E-state index in [2.05, 4.69) is 27.2 Å². The number of amides is 1. The van der Waals surface area contributed by atoms with Crippen LogP contribution in [0.25, 0.3) is 0 Å². The number of hydrogen-bond acceptors (Lipinski definition) is 5. The van der Waals surface area contributed by atoms with Crippen LogP contribution >= 0.6 is 0 Å². The first-order chi connectivity index (χ1) is 12.7. The third-order valence-corrected chi connectivity index (χ3v) is 5.41. The maximum Gasteiger partial charge on any atom is 0.227 e. The molecule has 0 spiro atoms. The van der Waals surface area contributed by atoms with Crippen molar-refractivity contribution in [3.05, 3.63) is 47.7 Å². The molecule has 2 aliphatic rings. The Bertz CT molecular complexity index is 775. The minimum atomic E-state index is 0.152. The van der Waals surface area contributed by atoms with Gasteiger partial charge in [-0.25, -0.2) is 9.97 Å². The third kappa shape index (κ3) is 3.84. The molecule has 1 fully saturated rings. The first kappa shape index (κ1) is 16.9. The van der Waals surface area contributed by atoms with Crippen molar-refractivity contribution < 1.29 is 4.79 Å². The summed E-state index contributed by atoms with van der Waals surface area (Å²) in [6.07, 6.45) is 9.73. The summed E-state index contributed by atoms with van der Waals surface area (Å²) in [5.41, 5.74) is 3.21. The highest BCUT2D eigenvalue weighted by Gasteiger charge is 2.29. The smallest absolute Gasteiger partial charge is 0.227 e. The van der Waals surface area contributed by atoms with Gasteiger partial charge in [0.05, 0.1) is 12.1 Å². The second-order valence-corrected chi connectivity index (χ2v) is 7.34. The number of nitrogens with zero attached hydrogens (tertiary/aromatic N) is 4. The van der Waals surface area contributed by atoms with E-state index >= 15 is 0 Å². The SMILES string of the molecule is CC(Nc1ncnc2c1CCN(C(=O)Cc1cccnc1)CC2)C1CC1. The Morgan fingerprint density at radius 3 is 2.92 bits per heavy atom. The summed E-state index contributed by atoms with van der Waals surface area (Å²) in [7, 11) is 0. The Balaban J connectivity index is 1.44. The molecule has 0 bridgehead atoms. The normalized spacial score (nSPS) is 18.0. The molecule has 4 rings (SSSR count). The number of rotatable bonds is 5. The highest BCUT2D eigenvalue weighted by molar-refractivity contribution is 5.78. The van der Waals surface area contributed by atoms with Crippen LogP contribution in [0.5, 0.6) is 0 Å². The molecule has 1 aliphatic heterocycles. The van der Waals surface area contributed by atoms with E-state index in [0.717, 1.165) is 35.8 Å². The summed E-state index contributed by atoms with van der Waals surface area (Å²) in [5.74, 6) is 1.87. The molecule has 1 atom stereocenters. The Morgan fingerprint density at radius 2 is 2.15 bits per heavy atom. The topological polar surface area (TPSA) is 71.0 Å². The lowest BCUT2D eigenvalue weighted by Gasteiger charge is -2.20. The predicted molar refractivity (Wildman–Crippen MR) is 99.8 cm³/mol. The Kier molecular flexibility index (Phi) is 4.82. The molecule has 2 aromatic rings. The van der Waals surface area contributed by atoms with E-state index in [1.807, 2.05) is 17.0 Å². The lowest BCUT2D eigenvalue weighted by Crippen LogP contribution is -2.34. The molecule has 136 valence electrons. The number of carbonyl (C=O) groups excluding carboxylic acids is 1. The van der Waals surface area contributed by atoms with Crippen LogP contribution in [0, 0.1) is 5.92 Å². The maximum absolute atomic E-state index is 12.7. The zero-order chi connectivity index (χ0) is 17.9. The fraction of sp³-hybridized carbons (Fsp3) is 0.500. The van der Waals surface area contributed by atoms with Gasteiger partial charge in [0, 0.05) is 43.5 Å². The molecule has 6 nitrogen and oxygen atoms in total. The predicted octanol–water partition coefficient (Wildman–Crippen LogP) is 2.25. The van der Waals surface area contributed by atoms with Gasteiger partial charge in [-0.15, -0.1) is 0 Å². The van der Waals surface area contributed by atoms with Crippen molar-refractivity contribution in [2.24, 2.45) is 5.92 Å². The molecule has 3 heterocycles. The van der Waals surface area contributed by atoms with Crippen molar-refractivity contribution in [2.45, 2.75) is 45.1 Å². The van der Waals surface area contributed by atoms with Crippen LogP contribution in [0.4, 0.5) is 5.82 Å². The second-order valence-electron chi connectivity index (χ2n) is 7.34. The largest absolute Gasteiger partial charge is 0.367 e. The molecule has 0 radical (unpaired) electrons. The van der Waals surface area contributed by atoms with E-state index in [9.17, 15) is 4.79 Å². The Labute approximate surface area is 154 Å². The van der Waals surface area contributed by atoms with Crippen LogP contribution in [0.1, 0.15) is 36.6 Å². The minimum Gasteiger partial charge on any atom is -0.367 e. The number of fused-ring (bicyclic) bond motifs is 1. The van der Waals surface area contributed by atoms with Gasteiger partial charge in [0.2, 0.25) is 5.91 Å². The van der Waals surface area contributed by atoms with Crippen LogP contribution in [-0.2, 0) is 24.1 Å². The number of aromatic nitrogens is 3. The van der Waals surface area contributed by atoms with Gasteiger partial charge >= 0.3 is 0 Å². The summed E-state index contributed by atoms with van der Waals surface area (Å²) in [5, 5.41) is 3.58. The first-order valence-corrected chi connectivity index (χ1v) is 9.46. The van der Waals surface area contributed by atoms with Gasteiger partial charge in [-0.2, -0.15) is 0 Å². The molecular formula is C20H25N5O. The molecule has 1 unspecified atom stereocenters. The van der Waals surface area contributed by atoms with E-state index in [1.165, 1.54) is 18.4 Å². The molecule has 1 amide bonds. The van der Waals surface area contributed by atoms with Gasteiger partial charge in [-0.3, -0.25) is 9.78 Å². The van der Waals surface area contributed by atoms with Gasteiger partial charge in [-0.1, -0.05) is 6.07 Å². The number of hydrogen-bond donors (Lipinski definition) is 1. The maximum atomic E-state index is 12.7. The summed E-state index contributed by atoms with van der Waals surface area (Å²) in [4.78, 5) is 27.7. The fourth-order valence-corrected chi connectivity index (χ4v) is 3.62. The summed E-state index contributed by atoms with van der Waals surface area (Å²) in [6.45, 7) is 3.65. The lowest BCUT2D eigenvalue weighted by atomic mass is 10.1. The van der Waals surface area contributed by atoms with Gasteiger partial charge in [0.1, 0.15) is 12.1 Å². The standard InChI is InChI=1S/C20H25N5O/c1-14(16-4-5-16)24-20-17-6-9-25(10-7-18(17)22-13-23-20)19(26)11-15-3-2-8-21-12-15/h2-3,8,12-14,16H,4-7,9-11H2,1H3,(H,22,23,24). The van der Waals surface area contributed by atoms with E-state index in [0.29, 0.717) is 25.6 Å². The minimum absolute atomic E-state index is 0.152. The quantitative estimate of drug-likeness (QED) is 0.895. The van der Waals surface area contributed by atoms with E-state index < -0.39 is 0 Å². The molecule has 26 heavy (non-hydrogen) atoms. The van der Waals surface area contributed by atoms with Crippen molar-refractivity contribution in [2.75, 3.05) is 18.4 Å². The van der Waals surface area contributed by atoms with Crippen LogP contribution in [-0.4, -0.2) is 44.9 Å². The number of carbonyl (C=O) groups is 1. The number of pyridine rings is 1. The number of nitrogens with one attached hydrogen (secondary N) is 1. The van der Waals surface area contributed by atoms with Gasteiger partial charge in [-0.05, 0) is 43.7 Å². The Morgan fingerprint density at radius 1 is 1.31 bits per heavy atom. The fourth-order valence-electron chi connectivity index (χ4n) is 3.62. The van der Waals surface area contributed by atoms with Crippen molar-refractivity contribution >= 4 is 11.7 Å². The van der Waals surface area contributed by atoms with E-state index in [4.69, 9.17) is 0 Å². The molecule has 1 aliphatic carbocycles. The van der Waals surface area contributed by atoms with Gasteiger partial charge in [0.15, 0.2) is 0 Å². The second kappa shape index (κ2) is 7.40. The average molecular weight is 351 g/mol. The van der Waals surface area contributed by atoms with Crippen molar-refractivity contribution in [1.29, 1.82) is 0 Å². The third-order valence-electron chi connectivity index (χ3n) is 5.41. The summed E-state index contributed by atoms with van der Waals surface area (Å²) < 4.78 is 0. The summed E-state index contributed by atoms with van der Waals surface area (Å²) in [6, 6.07) is 4.26. The lowest BCUT2D eigenvalue weighted by molar-refractivity contribution is -0.130. The van der Waals surface area contributed by atoms with Crippen LogP contribution < -0.4 is 5.32 Å². The molecule has 0 aromatic carbocycles. The van der Waals surface area contributed by atoms with Gasteiger partial charge in [0.25, 0.3) is 0 Å².